The van der Waals surface area contributed by atoms with Crippen LogP contribution in [0, 0.1) is 18.8 Å². The van der Waals surface area contributed by atoms with Crippen molar-refractivity contribution in [2.45, 2.75) is 26.2 Å². The number of para-hydroxylation sites is 5. The van der Waals surface area contributed by atoms with Gasteiger partial charge in [-0.25, -0.2) is 4.98 Å². The van der Waals surface area contributed by atoms with Crippen LogP contribution in [-0.4, -0.2) is 9.55 Å². The summed E-state index contributed by atoms with van der Waals surface area (Å²) in [5, 5.41) is 3.51. The van der Waals surface area contributed by atoms with Gasteiger partial charge in [0.2, 0.25) is 0 Å². The molecule has 6 nitrogen and oxygen atoms in total. The summed E-state index contributed by atoms with van der Waals surface area (Å²) in [4.78, 5) is 8.46. The molecule has 0 fully saturated rings. The maximum atomic E-state index is 9.11. The summed E-state index contributed by atoms with van der Waals surface area (Å²) in [6.45, 7) is 8.25. The first-order valence-corrected chi connectivity index (χ1v) is 20.8. The van der Waals surface area contributed by atoms with E-state index in [1.54, 1.807) is 29.8 Å². The molecule has 0 amide bonds. The number of benzene rings is 8. The number of furan rings is 1. The second kappa shape index (κ2) is 16.0. The first kappa shape index (κ1) is 30.6. The van der Waals surface area contributed by atoms with E-state index < -0.39 is 60.4 Å². The van der Waals surface area contributed by atoms with Gasteiger partial charge in [-0.05, 0) is 63.9 Å². The van der Waals surface area contributed by atoms with Gasteiger partial charge in [-0.15, -0.1) is 36.3 Å². The van der Waals surface area contributed by atoms with Crippen LogP contribution in [-0.2, 0) is 26.5 Å². The maximum absolute atomic E-state index is 9.11. The molecule has 12 rings (SSSR count). The summed E-state index contributed by atoms with van der Waals surface area (Å²) < 4.78 is 103. The zero-order valence-corrected chi connectivity index (χ0v) is 37.4. The third-order valence-electron chi connectivity index (χ3n) is 11.7. The van der Waals surface area contributed by atoms with Crippen LogP contribution < -0.4 is 14.5 Å². The van der Waals surface area contributed by atoms with E-state index in [2.05, 4.69) is 55.7 Å². The first-order chi connectivity index (χ1) is 35.5. The number of hydrogen-bond acceptors (Lipinski definition) is 5. The van der Waals surface area contributed by atoms with E-state index >= 15 is 0 Å². The number of rotatable bonds is 7. The van der Waals surface area contributed by atoms with Crippen molar-refractivity contribution in [3.05, 3.63) is 212 Å². The first-order valence-electron chi connectivity index (χ1n) is 25.8. The summed E-state index contributed by atoms with van der Waals surface area (Å²) in [5.74, 6) is 1.37. The van der Waals surface area contributed by atoms with Gasteiger partial charge in [0.1, 0.15) is 11.4 Å². The Balaban J connectivity index is 0.00000602. The van der Waals surface area contributed by atoms with Gasteiger partial charge in [0, 0.05) is 72.1 Å². The molecule has 1 aliphatic rings. The fraction of sp³-hybridized carbons (Fsp3) is 0.0690. The number of anilines is 4. The van der Waals surface area contributed by atoms with Gasteiger partial charge in [-0.1, -0.05) is 165 Å². The second-order valence-electron chi connectivity index (χ2n) is 16.6. The Hall–Kier alpha value is -7.40. The Morgan fingerprint density at radius 3 is 2.03 bits per heavy atom. The predicted octanol–water partition coefficient (Wildman–Crippen LogP) is 15.5. The molecule has 0 atom stereocenters. The molecule has 0 saturated heterocycles. The number of nitrogens with zero attached hydrogens (tertiary/aromatic N) is 4. The van der Waals surface area contributed by atoms with Gasteiger partial charge in [0.25, 0.3) is 0 Å². The minimum absolute atomic E-state index is 0. The topological polar surface area (TPSA) is 46.7 Å². The third kappa shape index (κ3) is 6.88. The summed E-state index contributed by atoms with van der Waals surface area (Å²) in [5.41, 5.74) is 5.70. The van der Waals surface area contributed by atoms with E-state index in [4.69, 9.17) is 27.8 Å². The molecule has 0 aliphatic carbocycles. The SMILES string of the molecule is [2H]c1c([2H])c([2H])c(-c2cccc(-c3c([2H])c([2H])c([2H])c([2H])c3[2H])c2N2[CH-]N(c3[c-]c(Oc4[c-]c5c(cc4)c4ccccc4n5-c4cc(C(C)(C)C)ccn4)c4oc5ccccc5c4c3)c3ccccc32)c([2H])c1[2H].[Pt]. The summed E-state index contributed by atoms with van der Waals surface area (Å²) in [6.07, 6.45) is 1.83. The van der Waals surface area contributed by atoms with Crippen molar-refractivity contribution in [2.24, 2.45) is 0 Å². The molecule has 318 valence electrons. The van der Waals surface area contributed by atoms with Crippen molar-refractivity contribution in [1.82, 2.24) is 9.55 Å². The van der Waals surface area contributed by atoms with Crippen molar-refractivity contribution in [1.29, 1.82) is 0 Å². The smallest absolute Gasteiger partial charge is 0.135 e. The van der Waals surface area contributed by atoms with E-state index in [1.165, 1.54) is 0 Å². The number of pyridine rings is 1. The van der Waals surface area contributed by atoms with Crippen LogP contribution in [0.1, 0.15) is 40.0 Å². The standard InChI is InChI=1S/C58H41N4O2.Pt/c1-58(2,3)40-31-32-59-55(33-40)62-49-25-12-10-21-45(49)46-30-29-42(36-52(46)62)63-54-35-41(34-48-47-22-11-15-28-53(47)64-57(48)54)60-37-61(51-27-14-13-26-50(51)60)56-43(38-17-6-4-7-18-38)23-16-24-44(56)39-19-8-5-9-20-39;/h4-34,37H,1-3H3;/q-3;/i4D,5D,6D,7D,8D,9D,17D,18D,19D,20D;. The minimum atomic E-state index is -0.574. The molecule has 0 N–H and O–H groups in total. The van der Waals surface area contributed by atoms with Crippen molar-refractivity contribution in [2.75, 3.05) is 9.80 Å². The van der Waals surface area contributed by atoms with Gasteiger partial charge in [0.15, 0.2) is 0 Å². The number of aromatic nitrogens is 2. The average molecular weight is 1030 g/mol. The molecular formula is C58H41N4O2Pt-3. The summed E-state index contributed by atoms with van der Waals surface area (Å²) in [6, 6.07) is 39.8. The van der Waals surface area contributed by atoms with Crippen molar-refractivity contribution >= 4 is 66.5 Å². The van der Waals surface area contributed by atoms with E-state index in [0.717, 1.165) is 38.6 Å². The van der Waals surface area contributed by atoms with Gasteiger partial charge in [-0.2, -0.15) is 6.07 Å². The molecule has 0 spiro atoms. The van der Waals surface area contributed by atoms with Gasteiger partial charge in [0.05, 0.1) is 25.0 Å². The Labute approximate surface area is 406 Å². The van der Waals surface area contributed by atoms with Gasteiger partial charge < -0.3 is 23.5 Å². The largest absolute Gasteiger partial charge is 0.512 e. The Morgan fingerprint density at radius 2 is 1.31 bits per heavy atom. The molecule has 0 bridgehead atoms. The van der Waals surface area contributed by atoms with Gasteiger partial charge >= 0.3 is 0 Å². The van der Waals surface area contributed by atoms with Crippen LogP contribution in [0.2, 0.25) is 0 Å². The zero-order valence-electron chi connectivity index (χ0n) is 45.1. The molecule has 1 aliphatic heterocycles. The second-order valence-corrected chi connectivity index (χ2v) is 16.6. The third-order valence-corrected chi connectivity index (χ3v) is 11.7. The molecule has 3 aromatic heterocycles. The average Bonchev–Trinajstić information content (AvgIpc) is 4.10. The van der Waals surface area contributed by atoms with Crippen molar-refractivity contribution in [3.8, 4) is 39.6 Å². The zero-order chi connectivity index (χ0) is 51.6. The molecule has 8 aromatic carbocycles. The molecule has 11 aromatic rings. The van der Waals surface area contributed by atoms with Crippen LogP contribution >= 0.6 is 0 Å². The van der Waals surface area contributed by atoms with E-state index in [0.29, 0.717) is 39.4 Å². The van der Waals surface area contributed by atoms with Crippen LogP contribution in [0.5, 0.6) is 11.5 Å². The Morgan fingerprint density at radius 1 is 0.646 bits per heavy atom. The van der Waals surface area contributed by atoms with Crippen molar-refractivity contribution in [3.63, 3.8) is 0 Å². The quantitative estimate of drug-likeness (QED) is 0.149. The predicted molar refractivity (Wildman–Crippen MR) is 261 cm³/mol. The number of ether oxygens (including phenoxy) is 1. The molecule has 0 unspecified atom stereocenters. The molecule has 7 heteroatoms. The monoisotopic (exact) mass is 1030 g/mol. The molecular weight excluding hydrogens is 980 g/mol. The summed E-state index contributed by atoms with van der Waals surface area (Å²) >= 11 is 0. The molecule has 65 heavy (non-hydrogen) atoms. The molecule has 0 radical (unpaired) electrons. The molecule has 4 heterocycles. The van der Waals surface area contributed by atoms with Crippen LogP contribution in [0.25, 0.3) is 71.8 Å². The fourth-order valence-electron chi connectivity index (χ4n) is 8.67. The maximum Gasteiger partial charge on any atom is 0.135 e. The summed E-state index contributed by atoms with van der Waals surface area (Å²) in [7, 11) is 0. The van der Waals surface area contributed by atoms with E-state index in [1.807, 2.05) is 96.0 Å². The molecule has 0 saturated carbocycles. The normalized spacial score (nSPS) is 14.8. The Bertz CT molecular complexity index is 4040. The fourth-order valence-corrected chi connectivity index (χ4v) is 8.67. The van der Waals surface area contributed by atoms with Crippen LogP contribution in [0.3, 0.4) is 0 Å². The van der Waals surface area contributed by atoms with Crippen LogP contribution in [0.4, 0.5) is 22.7 Å². The van der Waals surface area contributed by atoms with E-state index in [9.17, 15) is 0 Å². The Kier molecular flexibility index (Phi) is 7.54. The van der Waals surface area contributed by atoms with E-state index in [-0.39, 0.29) is 60.2 Å². The van der Waals surface area contributed by atoms with Crippen LogP contribution in [0.15, 0.2) is 192 Å². The minimum Gasteiger partial charge on any atom is -0.512 e. The number of fused-ring (bicyclic) bond motifs is 7. The number of hydrogen-bond donors (Lipinski definition) is 0. The van der Waals surface area contributed by atoms with Gasteiger partial charge in [-0.3, -0.25) is 0 Å². The van der Waals surface area contributed by atoms with Crippen molar-refractivity contribution < 1.29 is 43.9 Å².